The van der Waals surface area contributed by atoms with Crippen molar-refractivity contribution < 1.29 is 13.2 Å². The highest BCUT2D eigenvalue weighted by Gasteiger charge is 2.35. The van der Waals surface area contributed by atoms with Crippen LogP contribution in [-0.2, 0) is 6.18 Å². The van der Waals surface area contributed by atoms with Gasteiger partial charge in [0, 0.05) is 24.0 Å². The number of rotatable bonds is 5. The summed E-state index contributed by atoms with van der Waals surface area (Å²) >= 11 is 0. The van der Waals surface area contributed by atoms with E-state index >= 15 is 0 Å². The SMILES string of the molecule is NNC(CCC1CCCC1)c1cnccc1C(F)(F)F. The molecule has 1 aliphatic rings. The highest BCUT2D eigenvalue weighted by atomic mass is 19.4. The Balaban J connectivity index is 2.10. The van der Waals surface area contributed by atoms with E-state index in [1.165, 1.54) is 31.9 Å². The van der Waals surface area contributed by atoms with Gasteiger partial charge in [0.25, 0.3) is 0 Å². The average molecular weight is 287 g/mol. The molecule has 2 rings (SSSR count). The van der Waals surface area contributed by atoms with Gasteiger partial charge in [0.2, 0.25) is 0 Å². The first-order chi connectivity index (χ1) is 9.52. The molecular weight excluding hydrogens is 267 g/mol. The van der Waals surface area contributed by atoms with Crippen molar-refractivity contribution in [3.63, 3.8) is 0 Å². The molecule has 0 aliphatic heterocycles. The molecule has 112 valence electrons. The molecule has 1 saturated carbocycles. The van der Waals surface area contributed by atoms with Crippen molar-refractivity contribution in [1.29, 1.82) is 0 Å². The molecule has 0 amide bonds. The molecule has 1 aliphatic carbocycles. The predicted octanol–water partition coefficient (Wildman–Crippen LogP) is 3.58. The summed E-state index contributed by atoms with van der Waals surface area (Å²) in [6, 6.07) is 0.510. The van der Waals surface area contributed by atoms with Gasteiger partial charge in [-0.3, -0.25) is 16.3 Å². The Morgan fingerprint density at radius 2 is 2.05 bits per heavy atom. The number of alkyl halides is 3. The molecule has 1 aromatic heterocycles. The van der Waals surface area contributed by atoms with Crippen LogP contribution in [0.5, 0.6) is 0 Å². The Hall–Kier alpha value is -1.14. The van der Waals surface area contributed by atoms with Crippen LogP contribution in [0.1, 0.15) is 55.7 Å². The van der Waals surface area contributed by atoms with Crippen molar-refractivity contribution >= 4 is 0 Å². The Kier molecular flexibility index (Phi) is 4.99. The lowest BCUT2D eigenvalue weighted by Crippen LogP contribution is -2.30. The van der Waals surface area contributed by atoms with Gasteiger partial charge in [-0.2, -0.15) is 13.2 Å². The molecule has 1 fully saturated rings. The van der Waals surface area contributed by atoms with Crippen LogP contribution in [0.4, 0.5) is 13.2 Å². The fraction of sp³-hybridized carbons (Fsp3) is 0.643. The van der Waals surface area contributed by atoms with Gasteiger partial charge in [0.15, 0.2) is 0 Å². The Morgan fingerprint density at radius 3 is 2.65 bits per heavy atom. The third-order valence-corrected chi connectivity index (χ3v) is 4.07. The van der Waals surface area contributed by atoms with E-state index < -0.39 is 17.8 Å². The van der Waals surface area contributed by atoms with Gasteiger partial charge in [-0.25, -0.2) is 0 Å². The second kappa shape index (κ2) is 6.54. The van der Waals surface area contributed by atoms with Gasteiger partial charge < -0.3 is 0 Å². The smallest absolute Gasteiger partial charge is 0.271 e. The summed E-state index contributed by atoms with van der Waals surface area (Å²) in [7, 11) is 0. The largest absolute Gasteiger partial charge is 0.416 e. The van der Waals surface area contributed by atoms with E-state index in [0.717, 1.165) is 18.7 Å². The number of nitrogens with zero attached hydrogens (tertiary/aromatic N) is 1. The molecule has 1 heterocycles. The zero-order valence-corrected chi connectivity index (χ0v) is 11.3. The maximum atomic E-state index is 13.0. The molecule has 1 unspecified atom stereocenters. The first kappa shape index (κ1) is 15.3. The van der Waals surface area contributed by atoms with E-state index in [1.807, 2.05) is 0 Å². The molecule has 1 aromatic rings. The second-order valence-corrected chi connectivity index (χ2v) is 5.41. The standard InChI is InChI=1S/C14H20F3N3/c15-14(16,17)12-7-8-19-9-11(12)13(20-18)6-5-10-3-1-2-4-10/h7-10,13,20H,1-6,18H2. The third-order valence-electron chi connectivity index (χ3n) is 4.07. The third kappa shape index (κ3) is 3.70. The molecule has 0 aromatic carbocycles. The van der Waals surface area contributed by atoms with Crippen LogP contribution in [0.15, 0.2) is 18.5 Å². The van der Waals surface area contributed by atoms with E-state index in [9.17, 15) is 13.2 Å². The van der Waals surface area contributed by atoms with E-state index in [0.29, 0.717) is 12.3 Å². The number of halogens is 3. The number of hydrogen-bond acceptors (Lipinski definition) is 3. The van der Waals surface area contributed by atoms with Crippen molar-refractivity contribution in [1.82, 2.24) is 10.4 Å². The van der Waals surface area contributed by atoms with Crippen molar-refractivity contribution in [3.8, 4) is 0 Å². The molecule has 1 atom stereocenters. The van der Waals surface area contributed by atoms with E-state index in [4.69, 9.17) is 5.84 Å². The zero-order valence-electron chi connectivity index (χ0n) is 11.3. The lowest BCUT2D eigenvalue weighted by molar-refractivity contribution is -0.138. The number of aromatic nitrogens is 1. The van der Waals surface area contributed by atoms with Crippen molar-refractivity contribution in [3.05, 3.63) is 29.6 Å². The molecule has 0 saturated heterocycles. The lowest BCUT2D eigenvalue weighted by atomic mass is 9.93. The summed E-state index contributed by atoms with van der Waals surface area (Å²) in [5.41, 5.74) is 2.00. The van der Waals surface area contributed by atoms with Crippen LogP contribution in [0.3, 0.4) is 0 Å². The van der Waals surface area contributed by atoms with Gasteiger partial charge in [0.1, 0.15) is 0 Å². The van der Waals surface area contributed by atoms with Crippen LogP contribution in [0.25, 0.3) is 0 Å². The van der Waals surface area contributed by atoms with E-state index in [1.54, 1.807) is 0 Å². The fourth-order valence-electron chi connectivity index (χ4n) is 2.97. The van der Waals surface area contributed by atoms with Crippen molar-refractivity contribution in [2.75, 3.05) is 0 Å². The summed E-state index contributed by atoms with van der Waals surface area (Å²) in [4.78, 5) is 3.81. The lowest BCUT2D eigenvalue weighted by Gasteiger charge is -2.21. The quantitative estimate of drug-likeness (QED) is 0.643. The predicted molar refractivity (Wildman–Crippen MR) is 70.5 cm³/mol. The molecule has 3 N–H and O–H groups in total. The summed E-state index contributed by atoms with van der Waals surface area (Å²) in [6.07, 6.45) is 4.38. The number of pyridine rings is 1. The number of nitrogens with two attached hydrogens (primary N) is 1. The second-order valence-electron chi connectivity index (χ2n) is 5.41. The van der Waals surface area contributed by atoms with Gasteiger partial charge in [0.05, 0.1) is 5.56 Å². The fourth-order valence-corrected chi connectivity index (χ4v) is 2.97. The van der Waals surface area contributed by atoms with Gasteiger partial charge in [-0.05, 0) is 24.8 Å². The Bertz CT molecular complexity index is 428. The molecule has 3 nitrogen and oxygen atoms in total. The summed E-state index contributed by atoms with van der Waals surface area (Å²) in [5, 5.41) is 0. The minimum Gasteiger partial charge on any atom is -0.271 e. The normalized spacial score (nSPS) is 18.4. The summed E-state index contributed by atoms with van der Waals surface area (Å²) in [5.74, 6) is 6.08. The van der Waals surface area contributed by atoms with Gasteiger partial charge >= 0.3 is 6.18 Å². The zero-order chi connectivity index (χ0) is 14.6. The first-order valence-electron chi connectivity index (χ1n) is 6.99. The number of hydrazine groups is 1. The number of hydrogen-bond donors (Lipinski definition) is 2. The summed E-state index contributed by atoms with van der Waals surface area (Å²) < 4.78 is 39.0. The van der Waals surface area contributed by atoms with Gasteiger partial charge in [-0.1, -0.05) is 25.7 Å². The van der Waals surface area contributed by atoms with Crippen molar-refractivity contribution in [2.45, 2.75) is 50.7 Å². The van der Waals surface area contributed by atoms with Crippen LogP contribution < -0.4 is 11.3 Å². The van der Waals surface area contributed by atoms with Crippen LogP contribution in [0, 0.1) is 5.92 Å². The first-order valence-corrected chi connectivity index (χ1v) is 6.99. The minimum absolute atomic E-state index is 0.139. The molecular formula is C14H20F3N3. The maximum absolute atomic E-state index is 13.0. The number of nitrogens with one attached hydrogen (secondary N) is 1. The monoisotopic (exact) mass is 287 g/mol. The molecule has 0 radical (unpaired) electrons. The Morgan fingerprint density at radius 1 is 1.35 bits per heavy atom. The molecule has 6 heteroatoms. The Labute approximate surface area is 116 Å². The van der Waals surface area contributed by atoms with Crippen molar-refractivity contribution in [2.24, 2.45) is 11.8 Å². The molecule has 0 spiro atoms. The molecule has 20 heavy (non-hydrogen) atoms. The van der Waals surface area contributed by atoms with E-state index in [2.05, 4.69) is 10.4 Å². The topological polar surface area (TPSA) is 50.9 Å². The average Bonchev–Trinajstić information content (AvgIpc) is 2.92. The highest BCUT2D eigenvalue weighted by molar-refractivity contribution is 5.29. The van der Waals surface area contributed by atoms with Crippen LogP contribution >= 0.6 is 0 Å². The highest BCUT2D eigenvalue weighted by Crippen LogP contribution is 2.36. The van der Waals surface area contributed by atoms with Gasteiger partial charge in [-0.15, -0.1) is 0 Å². The van der Waals surface area contributed by atoms with Crippen LogP contribution in [0.2, 0.25) is 0 Å². The maximum Gasteiger partial charge on any atom is 0.416 e. The van der Waals surface area contributed by atoms with Crippen LogP contribution in [-0.4, -0.2) is 4.98 Å². The minimum atomic E-state index is -4.37. The van der Waals surface area contributed by atoms with E-state index in [-0.39, 0.29) is 5.56 Å². The molecule has 0 bridgehead atoms. The summed E-state index contributed by atoms with van der Waals surface area (Å²) in [6.45, 7) is 0.